The summed E-state index contributed by atoms with van der Waals surface area (Å²) in [5.74, 6) is 0.685. The number of fused-ring (bicyclic) bond motifs is 1. The lowest BCUT2D eigenvalue weighted by molar-refractivity contribution is -0.116. The number of hydrogen-bond donors (Lipinski definition) is 1. The molecule has 10 heteroatoms. The van der Waals surface area contributed by atoms with E-state index in [2.05, 4.69) is 43.3 Å². The number of nitrogens with zero attached hydrogens (tertiary/aromatic N) is 3. The molecule has 0 fully saturated rings. The van der Waals surface area contributed by atoms with E-state index in [1.54, 1.807) is 22.9 Å². The Bertz CT molecular complexity index is 1500. The van der Waals surface area contributed by atoms with E-state index in [1.165, 1.54) is 36.1 Å². The first-order valence-electron chi connectivity index (χ1n) is 11.6. The number of carbonyl (C=O) groups is 1. The van der Waals surface area contributed by atoms with Gasteiger partial charge in [-0.2, -0.15) is 9.78 Å². The number of hydrogen-bond acceptors (Lipinski definition) is 7. The van der Waals surface area contributed by atoms with Gasteiger partial charge in [0.1, 0.15) is 11.6 Å². The van der Waals surface area contributed by atoms with Crippen LogP contribution in [0.25, 0.3) is 15.3 Å². The van der Waals surface area contributed by atoms with Crippen LogP contribution in [0.4, 0.5) is 5.82 Å². The highest BCUT2D eigenvalue weighted by Crippen LogP contribution is 2.31. The van der Waals surface area contributed by atoms with Crippen molar-refractivity contribution in [2.45, 2.75) is 50.8 Å². The highest BCUT2D eigenvalue weighted by molar-refractivity contribution is 7.91. The van der Waals surface area contributed by atoms with E-state index in [0.717, 1.165) is 15.9 Å². The van der Waals surface area contributed by atoms with Crippen molar-refractivity contribution in [2.24, 2.45) is 0 Å². The number of aromatic nitrogens is 3. The van der Waals surface area contributed by atoms with Crippen molar-refractivity contribution >= 4 is 43.1 Å². The van der Waals surface area contributed by atoms with Gasteiger partial charge in [-0.3, -0.25) is 4.79 Å². The van der Waals surface area contributed by atoms with Crippen LogP contribution < -0.4 is 10.1 Å². The highest BCUT2D eigenvalue weighted by Gasteiger charge is 2.19. The minimum atomic E-state index is -3.49. The van der Waals surface area contributed by atoms with E-state index in [9.17, 15) is 13.2 Å². The number of nitrogens with one attached hydrogen (secondary N) is 1. The Morgan fingerprint density at radius 3 is 2.50 bits per heavy atom. The summed E-state index contributed by atoms with van der Waals surface area (Å²) in [4.78, 5) is 17.6. The Balaban J connectivity index is 1.44. The summed E-state index contributed by atoms with van der Waals surface area (Å²) in [5, 5.41) is 8.04. The average molecular weight is 527 g/mol. The molecular weight excluding hydrogens is 496 g/mol. The molecule has 0 saturated carbocycles. The molecular formula is C26H30N4O4S2. The van der Waals surface area contributed by atoms with Crippen molar-refractivity contribution in [1.29, 1.82) is 0 Å². The monoisotopic (exact) mass is 526 g/mol. The zero-order valence-corrected chi connectivity index (χ0v) is 22.7. The van der Waals surface area contributed by atoms with Crippen LogP contribution in [0.1, 0.15) is 44.9 Å². The zero-order valence-electron chi connectivity index (χ0n) is 21.0. The van der Waals surface area contributed by atoms with E-state index < -0.39 is 9.84 Å². The fourth-order valence-corrected chi connectivity index (χ4v) is 6.01. The molecule has 0 radical (unpaired) electrons. The van der Waals surface area contributed by atoms with Gasteiger partial charge in [0.25, 0.3) is 0 Å². The fourth-order valence-electron chi connectivity index (χ4n) is 3.73. The molecule has 0 atom stereocenters. The molecule has 190 valence electrons. The number of thiazole rings is 1. The lowest BCUT2D eigenvalue weighted by Gasteiger charge is -2.18. The van der Waals surface area contributed by atoms with Crippen LogP contribution in [0.3, 0.4) is 0 Å². The molecule has 4 rings (SSSR count). The summed E-state index contributed by atoms with van der Waals surface area (Å²) in [6.07, 6.45) is 0.262. The number of sulfone groups is 1. The first-order chi connectivity index (χ1) is 17.0. The minimum absolute atomic E-state index is 0.0284. The van der Waals surface area contributed by atoms with Gasteiger partial charge in [0.05, 0.1) is 33.7 Å². The van der Waals surface area contributed by atoms with Gasteiger partial charge < -0.3 is 10.1 Å². The molecule has 36 heavy (non-hydrogen) atoms. The third-order valence-electron chi connectivity index (χ3n) is 5.76. The standard InChI is InChI=1S/C26H30N4O4S2/c1-17-15-23(28-24(31)7-6-14-36(32,33)20-11-9-19(34-5)10-12-20)30(29-17)25-27-21-13-8-18(26(2,3)4)16-22(21)35-25/h8-13,15-16H,6-7,14H2,1-5H3,(H,28,31). The molecule has 1 amide bonds. The number of methoxy groups -OCH3 is 1. The Morgan fingerprint density at radius 2 is 1.83 bits per heavy atom. The summed E-state index contributed by atoms with van der Waals surface area (Å²) in [6, 6.07) is 14.3. The number of ether oxygens (including phenoxy) is 1. The second kappa shape index (κ2) is 10.0. The Kier molecular flexibility index (Phi) is 7.19. The van der Waals surface area contributed by atoms with Crippen molar-refractivity contribution in [3.05, 3.63) is 59.8 Å². The largest absolute Gasteiger partial charge is 0.497 e. The Morgan fingerprint density at radius 1 is 1.11 bits per heavy atom. The normalized spacial score (nSPS) is 12.1. The van der Waals surface area contributed by atoms with Crippen molar-refractivity contribution in [1.82, 2.24) is 14.8 Å². The van der Waals surface area contributed by atoms with Gasteiger partial charge in [-0.25, -0.2) is 13.4 Å². The quantitative estimate of drug-likeness (QED) is 0.335. The number of amides is 1. The van der Waals surface area contributed by atoms with Gasteiger partial charge in [-0.05, 0) is 60.7 Å². The van der Waals surface area contributed by atoms with E-state index >= 15 is 0 Å². The smallest absolute Gasteiger partial charge is 0.225 e. The second-order valence-corrected chi connectivity index (χ2v) is 12.8. The first-order valence-corrected chi connectivity index (χ1v) is 14.1. The molecule has 8 nitrogen and oxygen atoms in total. The van der Waals surface area contributed by atoms with Crippen LogP contribution in [-0.2, 0) is 20.0 Å². The number of anilines is 1. The van der Waals surface area contributed by atoms with E-state index in [1.807, 2.05) is 13.0 Å². The van der Waals surface area contributed by atoms with Crippen molar-refractivity contribution in [2.75, 3.05) is 18.2 Å². The van der Waals surface area contributed by atoms with E-state index in [-0.39, 0.29) is 34.8 Å². The number of benzene rings is 2. The number of rotatable bonds is 8. The van der Waals surface area contributed by atoms with Gasteiger partial charge in [-0.15, -0.1) is 0 Å². The summed E-state index contributed by atoms with van der Waals surface area (Å²) in [6.45, 7) is 8.35. The molecule has 0 unspecified atom stereocenters. The Hall–Kier alpha value is -3.24. The van der Waals surface area contributed by atoms with E-state index in [4.69, 9.17) is 9.72 Å². The van der Waals surface area contributed by atoms with Crippen LogP contribution in [-0.4, -0.2) is 42.0 Å². The molecule has 0 aliphatic heterocycles. The van der Waals surface area contributed by atoms with E-state index in [0.29, 0.717) is 16.7 Å². The molecule has 0 spiro atoms. The molecule has 0 aliphatic rings. The van der Waals surface area contributed by atoms with Gasteiger partial charge in [0.2, 0.25) is 11.0 Å². The van der Waals surface area contributed by atoms with Crippen LogP contribution >= 0.6 is 11.3 Å². The maximum absolute atomic E-state index is 12.7. The Labute approximate surface area is 215 Å². The predicted octanol–water partition coefficient (Wildman–Crippen LogP) is 5.29. The third kappa shape index (κ3) is 5.76. The topological polar surface area (TPSA) is 103 Å². The second-order valence-electron chi connectivity index (χ2n) is 9.66. The molecule has 0 bridgehead atoms. The van der Waals surface area contributed by atoms with Gasteiger partial charge in [0.15, 0.2) is 9.84 Å². The molecule has 2 aromatic carbocycles. The summed E-state index contributed by atoms with van der Waals surface area (Å²) >= 11 is 1.51. The van der Waals surface area contributed by atoms with Crippen LogP contribution in [0.2, 0.25) is 0 Å². The van der Waals surface area contributed by atoms with Gasteiger partial charge in [0, 0.05) is 12.5 Å². The molecule has 2 aromatic heterocycles. The van der Waals surface area contributed by atoms with Crippen molar-refractivity contribution in [3.8, 4) is 10.9 Å². The van der Waals surface area contributed by atoms with Crippen LogP contribution in [0, 0.1) is 6.92 Å². The van der Waals surface area contributed by atoms with Crippen molar-refractivity contribution in [3.63, 3.8) is 0 Å². The summed E-state index contributed by atoms with van der Waals surface area (Å²) < 4.78 is 32.9. The minimum Gasteiger partial charge on any atom is -0.497 e. The molecule has 0 saturated heterocycles. The maximum Gasteiger partial charge on any atom is 0.225 e. The number of aryl methyl sites for hydroxylation is 1. The zero-order chi connectivity index (χ0) is 26.1. The molecule has 2 heterocycles. The lowest BCUT2D eigenvalue weighted by Crippen LogP contribution is -2.16. The fraction of sp³-hybridized carbons (Fsp3) is 0.346. The number of carbonyl (C=O) groups excluding carboxylic acids is 1. The SMILES string of the molecule is COc1ccc(S(=O)(=O)CCCC(=O)Nc2cc(C)nn2-c2nc3ccc(C(C)(C)C)cc3s2)cc1. The van der Waals surface area contributed by atoms with Crippen LogP contribution in [0.5, 0.6) is 5.75 Å². The summed E-state index contributed by atoms with van der Waals surface area (Å²) in [5.41, 5.74) is 2.86. The predicted molar refractivity (Wildman–Crippen MR) is 143 cm³/mol. The van der Waals surface area contributed by atoms with Crippen LogP contribution in [0.15, 0.2) is 53.4 Å². The van der Waals surface area contributed by atoms with Crippen molar-refractivity contribution < 1.29 is 17.9 Å². The van der Waals surface area contributed by atoms with Gasteiger partial charge in [-0.1, -0.05) is 38.2 Å². The highest BCUT2D eigenvalue weighted by atomic mass is 32.2. The average Bonchev–Trinajstić information content (AvgIpc) is 3.40. The molecule has 0 aliphatic carbocycles. The molecule has 1 N–H and O–H groups in total. The lowest BCUT2D eigenvalue weighted by atomic mass is 9.87. The first kappa shape index (κ1) is 25.8. The van der Waals surface area contributed by atoms with Gasteiger partial charge >= 0.3 is 0 Å². The third-order valence-corrected chi connectivity index (χ3v) is 8.57. The maximum atomic E-state index is 12.7. The summed E-state index contributed by atoms with van der Waals surface area (Å²) in [7, 11) is -1.97. The molecule has 4 aromatic rings.